The highest BCUT2D eigenvalue weighted by molar-refractivity contribution is 5.54. The fourth-order valence-electron chi connectivity index (χ4n) is 2.27. The van der Waals surface area contributed by atoms with Gasteiger partial charge >= 0.3 is 0 Å². The van der Waals surface area contributed by atoms with Gasteiger partial charge in [-0.25, -0.2) is 0 Å². The molecule has 18 heavy (non-hydrogen) atoms. The van der Waals surface area contributed by atoms with E-state index in [1.165, 1.54) is 23.2 Å². The van der Waals surface area contributed by atoms with E-state index in [1.807, 2.05) is 0 Å². The van der Waals surface area contributed by atoms with Crippen LogP contribution in [0.1, 0.15) is 38.3 Å². The molecule has 1 aromatic rings. The van der Waals surface area contributed by atoms with E-state index in [-0.39, 0.29) is 0 Å². The maximum atomic E-state index is 3.50. The van der Waals surface area contributed by atoms with Crippen molar-refractivity contribution in [3.8, 4) is 0 Å². The molecule has 0 saturated carbocycles. The van der Waals surface area contributed by atoms with Gasteiger partial charge in [-0.3, -0.25) is 0 Å². The molecule has 1 aromatic carbocycles. The first kappa shape index (κ1) is 15.0. The van der Waals surface area contributed by atoms with Crippen molar-refractivity contribution in [1.82, 2.24) is 5.32 Å². The fourth-order valence-corrected chi connectivity index (χ4v) is 2.27. The Morgan fingerprint density at radius 2 is 2.00 bits per heavy atom. The van der Waals surface area contributed by atoms with Crippen LogP contribution < -0.4 is 10.2 Å². The Balaban J connectivity index is 2.81. The van der Waals surface area contributed by atoms with Gasteiger partial charge in [-0.15, -0.1) is 0 Å². The van der Waals surface area contributed by atoms with E-state index < -0.39 is 0 Å². The van der Waals surface area contributed by atoms with Gasteiger partial charge in [0.1, 0.15) is 0 Å². The summed E-state index contributed by atoms with van der Waals surface area (Å²) in [5.41, 5.74) is 4.11. The Labute approximate surface area is 112 Å². The Morgan fingerprint density at radius 1 is 1.28 bits per heavy atom. The minimum absolute atomic E-state index is 0.688. The maximum absolute atomic E-state index is 3.50. The van der Waals surface area contributed by atoms with E-state index in [1.54, 1.807) is 0 Å². The summed E-state index contributed by atoms with van der Waals surface area (Å²) in [7, 11) is 2.19. The molecule has 0 aliphatic heterocycles. The molecule has 0 saturated heterocycles. The average Bonchev–Trinajstić information content (AvgIpc) is 2.28. The molecule has 102 valence electrons. The molecule has 0 radical (unpaired) electrons. The van der Waals surface area contributed by atoms with Gasteiger partial charge in [0.05, 0.1) is 0 Å². The van der Waals surface area contributed by atoms with E-state index in [9.17, 15) is 0 Å². The Morgan fingerprint density at radius 3 is 2.61 bits per heavy atom. The Bertz CT molecular complexity index is 358. The van der Waals surface area contributed by atoms with Gasteiger partial charge in [0, 0.05) is 25.8 Å². The van der Waals surface area contributed by atoms with Gasteiger partial charge in [0.15, 0.2) is 0 Å². The van der Waals surface area contributed by atoms with Crippen molar-refractivity contribution >= 4 is 5.69 Å². The van der Waals surface area contributed by atoms with Gasteiger partial charge in [0.25, 0.3) is 0 Å². The Hall–Kier alpha value is -1.02. The van der Waals surface area contributed by atoms with Crippen LogP contribution in [0.2, 0.25) is 0 Å². The molecule has 0 atom stereocenters. The second kappa shape index (κ2) is 7.42. The molecule has 0 spiro atoms. The molecular formula is C16H28N2. The molecule has 0 amide bonds. The van der Waals surface area contributed by atoms with Crippen LogP contribution in [-0.2, 0) is 6.54 Å². The van der Waals surface area contributed by atoms with Gasteiger partial charge in [-0.1, -0.05) is 38.5 Å². The molecule has 0 aromatic heterocycles. The third kappa shape index (κ3) is 4.69. The van der Waals surface area contributed by atoms with Crippen LogP contribution in [-0.4, -0.2) is 20.1 Å². The van der Waals surface area contributed by atoms with E-state index >= 15 is 0 Å². The van der Waals surface area contributed by atoms with Crippen molar-refractivity contribution in [2.24, 2.45) is 5.92 Å². The number of rotatable bonds is 7. The summed E-state index contributed by atoms with van der Waals surface area (Å²) in [4.78, 5) is 2.37. The lowest BCUT2D eigenvalue weighted by Crippen LogP contribution is -2.25. The van der Waals surface area contributed by atoms with Crippen LogP contribution in [0.15, 0.2) is 18.2 Å². The summed E-state index contributed by atoms with van der Waals surface area (Å²) in [6.07, 6.45) is 1.18. The van der Waals surface area contributed by atoms with Crippen molar-refractivity contribution in [3.63, 3.8) is 0 Å². The first-order valence-corrected chi connectivity index (χ1v) is 7.06. The molecule has 0 aliphatic carbocycles. The topological polar surface area (TPSA) is 15.3 Å². The summed E-state index contributed by atoms with van der Waals surface area (Å²) in [5, 5.41) is 3.50. The quantitative estimate of drug-likeness (QED) is 0.742. The molecule has 0 fully saturated rings. The predicted octanol–water partition coefficient (Wildman–Crippen LogP) is 3.59. The van der Waals surface area contributed by atoms with E-state index in [0.717, 1.165) is 19.6 Å². The van der Waals surface area contributed by atoms with E-state index in [2.05, 4.69) is 63.2 Å². The number of nitrogens with one attached hydrogen (secondary N) is 1. The third-order valence-corrected chi connectivity index (χ3v) is 3.03. The zero-order chi connectivity index (χ0) is 13.5. The molecule has 0 bridgehead atoms. The molecule has 0 heterocycles. The molecule has 0 unspecified atom stereocenters. The van der Waals surface area contributed by atoms with E-state index in [0.29, 0.717) is 5.92 Å². The second-order valence-electron chi connectivity index (χ2n) is 5.58. The zero-order valence-corrected chi connectivity index (χ0v) is 12.6. The number of anilines is 1. The molecule has 2 heteroatoms. The first-order valence-electron chi connectivity index (χ1n) is 7.06. The molecular weight excluding hydrogens is 220 g/mol. The van der Waals surface area contributed by atoms with Gasteiger partial charge in [-0.05, 0) is 37.4 Å². The lowest BCUT2D eigenvalue weighted by molar-refractivity contribution is 0.632. The summed E-state index contributed by atoms with van der Waals surface area (Å²) in [6, 6.07) is 6.75. The third-order valence-electron chi connectivity index (χ3n) is 3.03. The van der Waals surface area contributed by atoms with Crippen LogP contribution in [0.5, 0.6) is 0 Å². The highest BCUT2D eigenvalue weighted by Crippen LogP contribution is 2.21. The highest BCUT2D eigenvalue weighted by atomic mass is 15.1. The molecule has 0 aliphatic rings. The minimum Gasteiger partial charge on any atom is -0.374 e. The smallest absolute Gasteiger partial charge is 0.0409 e. The molecule has 1 N–H and O–H groups in total. The molecule has 2 nitrogen and oxygen atoms in total. The number of benzene rings is 1. The van der Waals surface area contributed by atoms with Crippen molar-refractivity contribution in [2.45, 2.75) is 40.7 Å². The summed E-state index contributed by atoms with van der Waals surface area (Å²) >= 11 is 0. The van der Waals surface area contributed by atoms with E-state index in [4.69, 9.17) is 0 Å². The van der Waals surface area contributed by atoms with Crippen LogP contribution in [0, 0.1) is 12.8 Å². The highest BCUT2D eigenvalue weighted by Gasteiger charge is 2.08. The van der Waals surface area contributed by atoms with Crippen molar-refractivity contribution in [2.75, 3.05) is 25.0 Å². The zero-order valence-electron chi connectivity index (χ0n) is 12.6. The first-order chi connectivity index (χ1) is 8.54. The summed E-state index contributed by atoms with van der Waals surface area (Å²) < 4.78 is 0. The van der Waals surface area contributed by atoms with Gasteiger partial charge < -0.3 is 10.2 Å². The van der Waals surface area contributed by atoms with Gasteiger partial charge in [0.2, 0.25) is 0 Å². The molecule has 1 rings (SSSR count). The van der Waals surface area contributed by atoms with Crippen LogP contribution >= 0.6 is 0 Å². The average molecular weight is 248 g/mol. The van der Waals surface area contributed by atoms with Crippen molar-refractivity contribution in [1.29, 1.82) is 0 Å². The lowest BCUT2D eigenvalue weighted by atomic mass is 10.1. The maximum Gasteiger partial charge on any atom is 0.0409 e. The van der Waals surface area contributed by atoms with Crippen LogP contribution in [0.3, 0.4) is 0 Å². The lowest BCUT2D eigenvalue weighted by Gasteiger charge is -2.25. The number of nitrogens with zero attached hydrogens (tertiary/aromatic N) is 1. The fraction of sp³-hybridized carbons (Fsp3) is 0.625. The predicted molar refractivity (Wildman–Crippen MR) is 81.3 cm³/mol. The normalized spacial score (nSPS) is 11.0. The largest absolute Gasteiger partial charge is 0.374 e. The van der Waals surface area contributed by atoms with Crippen molar-refractivity contribution in [3.05, 3.63) is 29.3 Å². The van der Waals surface area contributed by atoms with Crippen LogP contribution in [0.4, 0.5) is 5.69 Å². The van der Waals surface area contributed by atoms with Gasteiger partial charge in [-0.2, -0.15) is 0 Å². The van der Waals surface area contributed by atoms with Crippen LogP contribution in [0.25, 0.3) is 0 Å². The number of hydrogen-bond donors (Lipinski definition) is 1. The monoisotopic (exact) mass is 248 g/mol. The summed E-state index contributed by atoms with van der Waals surface area (Å²) in [5.74, 6) is 0.688. The number of hydrogen-bond acceptors (Lipinski definition) is 2. The summed E-state index contributed by atoms with van der Waals surface area (Å²) in [6.45, 7) is 12.0. The SMILES string of the molecule is CCCNCc1cc(C)ccc1N(C)CC(C)C. The standard InChI is InChI=1S/C16H28N2/c1-6-9-17-11-15-10-14(4)7-8-16(15)18(5)12-13(2)3/h7-8,10,13,17H,6,9,11-12H2,1-5H3. The van der Waals surface area contributed by atoms with Crippen molar-refractivity contribution < 1.29 is 0 Å². The minimum atomic E-state index is 0.688. The Kier molecular flexibility index (Phi) is 6.20. The number of aryl methyl sites for hydroxylation is 1. The second-order valence-corrected chi connectivity index (χ2v) is 5.58.